The normalized spacial score (nSPS) is 23.2. The Bertz CT molecular complexity index is 1570. The molecule has 1 aliphatic heterocycles. The van der Waals surface area contributed by atoms with E-state index in [0.29, 0.717) is 18.0 Å². The van der Waals surface area contributed by atoms with Gasteiger partial charge in [-0.05, 0) is 60.2 Å². The maximum atomic E-state index is 12.1. The monoisotopic (exact) mass is 611 g/mol. The summed E-state index contributed by atoms with van der Waals surface area (Å²) in [5, 5.41) is 18.2. The van der Waals surface area contributed by atoms with E-state index in [1.165, 1.54) is 0 Å². The van der Waals surface area contributed by atoms with Gasteiger partial charge in [-0.25, -0.2) is 4.79 Å². The van der Waals surface area contributed by atoms with Crippen molar-refractivity contribution in [2.24, 2.45) is 13.0 Å². The lowest BCUT2D eigenvalue weighted by Crippen LogP contribution is -2.30. The first-order chi connectivity index (χ1) is 18.6. The number of benzene rings is 2. The second kappa shape index (κ2) is 9.90. The van der Waals surface area contributed by atoms with Crippen LogP contribution in [0, 0.1) is 5.92 Å². The average molecular weight is 613 g/mol. The minimum absolute atomic E-state index is 0.0276. The first kappa shape index (κ1) is 26.3. The van der Waals surface area contributed by atoms with Crippen LogP contribution in [0.15, 0.2) is 70.3 Å². The number of carbonyl (C=O) groups is 1. The molecule has 1 aliphatic carbocycles. The van der Waals surface area contributed by atoms with Gasteiger partial charge in [-0.1, -0.05) is 46.3 Å². The lowest BCUT2D eigenvalue weighted by atomic mass is 10.0. The molecule has 2 aromatic carbocycles. The molecule has 2 aromatic heterocycles. The summed E-state index contributed by atoms with van der Waals surface area (Å²) >= 11 is 3.48. The van der Waals surface area contributed by atoms with Crippen LogP contribution >= 0.6 is 26.7 Å². The van der Waals surface area contributed by atoms with E-state index < -0.39 is 16.7 Å². The van der Waals surface area contributed by atoms with E-state index in [9.17, 15) is 19.0 Å². The van der Waals surface area contributed by atoms with Crippen molar-refractivity contribution in [1.82, 2.24) is 23.9 Å². The van der Waals surface area contributed by atoms with Crippen molar-refractivity contribution < 1.29 is 19.0 Å². The second-order valence-corrected chi connectivity index (χ2v) is 13.5. The van der Waals surface area contributed by atoms with Crippen molar-refractivity contribution in [3.05, 3.63) is 93.5 Å². The molecule has 3 atom stereocenters. The van der Waals surface area contributed by atoms with Gasteiger partial charge in [0.25, 0.3) is 0 Å². The largest absolute Gasteiger partial charge is 0.478 e. The van der Waals surface area contributed by atoms with Crippen molar-refractivity contribution in [1.29, 1.82) is 0 Å². The van der Waals surface area contributed by atoms with Crippen molar-refractivity contribution in [3.63, 3.8) is 0 Å². The summed E-state index contributed by atoms with van der Waals surface area (Å²) in [5.41, 5.74) is 4.62. The first-order valence-corrected chi connectivity index (χ1v) is 15.1. The maximum Gasteiger partial charge on any atom is 0.337 e. The number of rotatable bonds is 6. The Morgan fingerprint density at radius 3 is 2.72 bits per heavy atom. The molecule has 0 amide bonds. The molecular weight excluding hydrogens is 582 g/mol. The van der Waals surface area contributed by atoms with Gasteiger partial charge in [-0.15, -0.1) is 15.9 Å². The standard InChI is InChI=1S/C28H30BrN5O4S/c1-17-10-19-6-7-20(29)12-26(19)39(37,38)33(14-17)15-18-4-3-5-21(11-18)34-9-8-22(28(35)36)27(34)24-13-23(24)25-16-32(2)31-30-25/h3-9,11-12,16-17,23-24,37-38H,10,13-15H2,1-2H3,(H,35,36)/t17?,23-,24-/m1/s1. The zero-order chi connectivity index (χ0) is 27.5. The average Bonchev–Trinajstić information content (AvgIpc) is 3.36. The number of hydrogen-bond acceptors (Lipinski definition) is 6. The molecule has 2 aliphatic rings. The quantitative estimate of drug-likeness (QED) is 0.243. The second-order valence-electron chi connectivity index (χ2n) is 10.6. The third-order valence-electron chi connectivity index (χ3n) is 7.61. The van der Waals surface area contributed by atoms with Crippen LogP contribution in [0.2, 0.25) is 0 Å². The highest BCUT2D eigenvalue weighted by atomic mass is 79.9. The number of carboxylic acids is 1. The zero-order valence-corrected chi connectivity index (χ0v) is 24.0. The Morgan fingerprint density at radius 2 is 1.97 bits per heavy atom. The van der Waals surface area contributed by atoms with E-state index in [0.717, 1.165) is 45.5 Å². The Hall–Kier alpha value is -2.96. The topological polar surface area (TPSA) is 117 Å². The Morgan fingerprint density at radius 1 is 1.15 bits per heavy atom. The summed E-state index contributed by atoms with van der Waals surface area (Å²) in [6.07, 6.45) is 5.27. The van der Waals surface area contributed by atoms with Gasteiger partial charge >= 0.3 is 5.97 Å². The maximum absolute atomic E-state index is 12.1. The number of fused-ring (bicyclic) bond motifs is 1. The summed E-state index contributed by atoms with van der Waals surface area (Å²) in [7, 11) is -1.38. The molecule has 0 spiro atoms. The fourth-order valence-corrected chi connectivity index (χ4v) is 8.10. The highest BCUT2D eigenvalue weighted by Gasteiger charge is 2.45. The number of aromatic nitrogens is 4. The molecule has 6 rings (SSSR count). The predicted octanol–water partition coefficient (Wildman–Crippen LogP) is 6.06. The molecule has 3 heterocycles. The minimum Gasteiger partial charge on any atom is -0.478 e. The smallest absolute Gasteiger partial charge is 0.337 e. The molecule has 0 saturated heterocycles. The van der Waals surface area contributed by atoms with Crippen LogP contribution < -0.4 is 0 Å². The van der Waals surface area contributed by atoms with Gasteiger partial charge in [0.05, 0.1) is 16.2 Å². The van der Waals surface area contributed by atoms with Crippen LogP contribution in [0.25, 0.3) is 5.69 Å². The molecule has 3 N–H and O–H groups in total. The number of carboxylic acid groups (broad SMARTS) is 1. The number of aromatic carboxylic acids is 1. The van der Waals surface area contributed by atoms with Crippen LogP contribution in [-0.4, -0.2) is 50.6 Å². The van der Waals surface area contributed by atoms with E-state index in [2.05, 4.69) is 33.2 Å². The predicted molar refractivity (Wildman–Crippen MR) is 152 cm³/mol. The molecule has 204 valence electrons. The van der Waals surface area contributed by atoms with Crippen molar-refractivity contribution >= 4 is 32.7 Å². The third-order valence-corrected chi connectivity index (χ3v) is 10.1. The highest BCUT2D eigenvalue weighted by Crippen LogP contribution is 2.57. The first-order valence-electron chi connectivity index (χ1n) is 12.8. The number of halogens is 1. The molecule has 1 saturated carbocycles. The molecular formula is C28H30BrN5O4S. The van der Waals surface area contributed by atoms with Crippen LogP contribution in [0.5, 0.6) is 0 Å². The van der Waals surface area contributed by atoms with Gasteiger partial charge in [0, 0.05) is 60.2 Å². The molecule has 11 heteroatoms. The van der Waals surface area contributed by atoms with Gasteiger partial charge in [0.1, 0.15) is 0 Å². The van der Waals surface area contributed by atoms with Gasteiger partial charge in [-0.3, -0.25) is 13.8 Å². The Balaban J connectivity index is 1.32. The van der Waals surface area contributed by atoms with Crippen LogP contribution in [0.3, 0.4) is 0 Å². The van der Waals surface area contributed by atoms with Crippen molar-refractivity contribution in [2.75, 3.05) is 6.54 Å². The fraction of sp³-hybridized carbons (Fsp3) is 0.321. The van der Waals surface area contributed by atoms with Crippen molar-refractivity contribution in [2.45, 2.75) is 43.0 Å². The lowest BCUT2D eigenvalue weighted by Gasteiger charge is -2.43. The summed E-state index contributed by atoms with van der Waals surface area (Å²) < 4.78 is 29.1. The van der Waals surface area contributed by atoms with E-state index >= 15 is 0 Å². The van der Waals surface area contributed by atoms with Crippen LogP contribution in [-0.2, 0) is 20.0 Å². The molecule has 1 fully saturated rings. The van der Waals surface area contributed by atoms with E-state index in [1.54, 1.807) is 21.3 Å². The zero-order valence-electron chi connectivity index (χ0n) is 21.6. The van der Waals surface area contributed by atoms with Gasteiger partial charge in [0.15, 0.2) is 0 Å². The van der Waals surface area contributed by atoms with E-state index in [-0.39, 0.29) is 23.3 Å². The van der Waals surface area contributed by atoms with Gasteiger partial charge in [-0.2, -0.15) is 4.31 Å². The summed E-state index contributed by atoms with van der Waals surface area (Å²) in [5.74, 6) is -0.565. The Kier molecular flexibility index (Phi) is 6.67. The molecule has 39 heavy (non-hydrogen) atoms. The van der Waals surface area contributed by atoms with Gasteiger partial charge < -0.3 is 9.67 Å². The highest BCUT2D eigenvalue weighted by molar-refractivity contribution is 9.10. The molecule has 4 aromatic rings. The van der Waals surface area contributed by atoms with Crippen LogP contribution in [0.4, 0.5) is 0 Å². The molecule has 9 nitrogen and oxygen atoms in total. The lowest BCUT2D eigenvalue weighted by molar-refractivity contribution is 0.0695. The summed E-state index contributed by atoms with van der Waals surface area (Å²) in [4.78, 5) is 12.7. The number of aryl methyl sites for hydroxylation is 1. The number of hydrogen-bond donors (Lipinski definition) is 3. The summed E-state index contributed by atoms with van der Waals surface area (Å²) in [6, 6.07) is 15.2. The van der Waals surface area contributed by atoms with E-state index in [1.807, 2.05) is 60.3 Å². The van der Waals surface area contributed by atoms with Crippen LogP contribution in [0.1, 0.15) is 58.1 Å². The molecule has 0 bridgehead atoms. The SMILES string of the molecule is CC1Cc2ccc(Br)cc2S(O)(O)N(Cc2cccc(-n3ccc(C(=O)O)c3[C@@H]3C[C@H]3c3cn(C)nn3)c2)C1. The molecule has 1 unspecified atom stereocenters. The fourth-order valence-electron chi connectivity index (χ4n) is 5.73. The van der Waals surface area contributed by atoms with Gasteiger partial charge in [0.2, 0.25) is 0 Å². The molecule has 0 radical (unpaired) electrons. The summed E-state index contributed by atoms with van der Waals surface area (Å²) in [6.45, 7) is 3.01. The minimum atomic E-state index is -3.20. The Labute approximate surface area is 236 Å². The van der Waals surface area contributed by atoms with E-state index in [4.69, 9.17) is 0 Å². The third kappa shape index (κ3) is 4.93. The number of nitrogens with zero attached hydrogens (tertiary/aromatic N) is 5. The van der Waals surface area contributed by atoms with Crippen molar-refractivity contribution in [3.8, 4) is 5.69 Å².